The van der Waals surface area contributed by atoms with Gasteiger partial charge in [0.1, 0.15) is 5.69 Å². The lowest BCUT2D eigenvalue weighted by atomic mass is 9.84. The lowest BCUT2D eigenvalue weighted by Gasteiger charge is -2.38. The van der Waals surface area contributed by atoms with Crippen molar-refractivity contribution in [3.05, 3.63) is 71.0 Å². The Morgan fingerprint density at radius 3 is 2.48 bits per heavy atom. The highest BCUT2D eigenvalue weighted by Gasteiger charge is 2.32. The molecule has 4 heterocycles. The molecule has 1 saturated carbocycles. The number of carbonyl (C=O) groups excluding carboxylic acids is 1. The van der Waals surface area contributed by atoms with E-state index in [2.05, 4.69) is 25.1 Å². The van der Waals surface area contributed by atoms with E-state index in [4.69, 9.17) is 0 Å². The van der Waals surface area contributed by atoms with Gasteiger partial charge in [0.15, 0.2) is 5.82 Å². The molecule has 6 rings (SSSR count). The molecule has 0 radical (unpaired) electrons. The van der Waals surface area contributed by atoms with Gasteiger partial charge in [0.2, 0.25) is 11.9 Å². The van der Waals surface area contributed by atoms with Crippen LogP contribution in [0.25, 0.3) is 16.9 Å². The Bertz CT molecular complexity index is 1420. The van der Waals surface area contributed by atoms with Crippen LogP contribution in [-0.2, 0) is 4.79 Å². The Labute approximate surface area is 247 Å². The van der Waals surface area contributed by atoms with Gasteiger partial charge in [0.25, 0.3) is 5.56 Å². The van der Waals surface area contributed by atoms with Crippen LogP contribution in [0.2, 0.25) is 0 Å². The van der Waals surface area contributed by atoms with Gasteiger partial charge in [-0.2, -0.15) is 0 Å². The summed E-state index contributed by atoms with van der Waals surface area (Å²) in [6.07, 6.45) is 12.5. The standard InChI is InChI=1S/C33H41FN6O2/c34-29-22-35-33(37-31(29)26-7-6-8-28(21-26)40-18-5-2-9-30(40)41)36-27-12-10-25(11-13-27)32(42)39-19-14-24(15-20-39)23-38-16-3-1-4-17-38/h2,5-9,18,21-22,24-25,27H,1,3-4,10-17,19-20,23H2,(H,35,36,37). The van der Waals surface area contributed by atoms with E-state index in [1.165, 1.54) is 55.7 Å². The molecule has 1 N–H and O–H groups in total. The summed E-state index contributed by atoms with van der Waals surface area (Å²) in [5.74, 6) is 0.973. The molecule has 2 saturated heterocycles. The Balaban J connectivity index is 1.02. The van der Waals surface area contributed by atoms with Crippen molar-refractivity contribution in [3.8, 4) is 16.9 Å². The van der Waals surface area contributed by atoms with E-state index in [0.717, 1.165) is 57.5 Å². The van der Waals surface area contributed by atoms with Crippen molar-refractivity contribution in [3.63, 3.8) is 0 Å². The minimum absolute atomic E-state index is 0.0792. The number of carbonyl (C=O) groups is 1. The molecule has 2 aromatic heterocycles. The van der Waals surface area contributed by atoms with Crippen LogP contribution in [-0.4, -0.2) is 69.0 Å². The summed E-state index contributed by atoms with van der Waals surface area (Å²) in [7, 11) is 0. The molecule has 1 amide bonds. The third kappa shape index (κ3) is 6.72. The third-order valence-electron chi connectivity index (χ3n) is 9.27. The number of piperidine rings is 2. The normalized spacial score (nSPS) is 22.2. The highest BCUT2D eigenvalue weighted by molar-refractivity contribution is 5.79. The molecule has 222 valence electrons. The summed E-state index contributed by atoms with van der Waals surface area (Å²) in [6.45, 7) is 5.46. The van der Waals surface area contributed by atoms with E-state index in [1.54, 1.807) is 42.6 Å². The Hall–Kier alpha value is -3.59. The van der Waals surface area contributed by atoms with E-state index in [0.29, 0.717) is 23.1 Å². The lowest BCUT2D eigenvalue weighted by Crippen LogP contribution is -2.45. The van der Waals surface area contributed by atoms with Crippen molar-refractivity contribution >= 4 is 11.9 Å². The molecule has 3 aromatic rings. The Kier molecular flexibility index (Phi) is 8.93. The van der Waals surface area contributed by atoms with Crippen LogP contribution >= 0.6 is 0 Å². The zero-order valence-electron chi connectivity index (χ0n) is 24.3. The fourth-order valence-electron chi connectivity index (χ4n) is 6.85. The summed E-state index contributed by atoms with van der Waals surface area (Å²) >= 11 is 0. The van der Waals surface area contributed by atoms with Crippen molar-refractivity contribution in [1.29, 1.82) is 0 Å². The minimum atomic E-state index is -0.521. The molecule has 2 aliphatic heterocycles. The first kappa shape index (κ1) is 28.5. The molecule has 0 bridgehead atoms. The first-order valence-corrected chi connectivity index (χ1v) is 15.6. The maximum Gasteiger partial charge on any atom is 0.255 e. The van der Waals surface area contributed by atoms with Crippen molar-refractivity contribution in [2.45, 2.75) is 63.8 Å². The molecule has 0 spiro atoms. The van der Waals surface area contributed by atoms with Crippen LogP contribution in [0.15, 0.2) is 59.7 Å². The molecule has 1 aliphatic carbocycles. The molecule has 0 atom stereocenters. The van der Waals surface area contributed by atoms with E-state index >= 15 is 0 Å². The number of hydrogen-bond donors (Lipinski definition) is 1. The van der Waals surface area contributed by atoms with Crippen LogP contribution in [0, 0.1) is 17.7 Å². The number of anilines is 1. The predicted molar refractivity (Wildman–Crippen MR) is 162 cm³/mol. The number of likely N-dealkylation sites (tertiary alicyclic amines) is 2. The number of hydrogen-bond acceptors (Lipinski definition) is 6. The van der Waals surface area contributed by atoms with Crippen molar-refractivity contribution in [2.75, 3.05) is 38.0 Å². The first-order valence-electron chi connectivity index (χ1n) is 15.6. The van der Waals surface area contributed by atoms with Crippen molar-refractivity contribution in [1.82, 2.24) is 24.3 Å². The number of aromatic nitrogens is 3. The number of benzene rings is 1. The van der Waals surface area contributed by atoms with E-state index in [1.807, 2.05) is 0 Å². The van der Waals surface area contributed by atoms with Gasteiger partial charge in [-0.1, -0.05) is 24.6 Å². The minimum Gasteiger partial charge on any atom is -0.351 e. The zero-order valence-corrected chi connectivity index (χ0v) is 24.3. The summed E-state index contributed by atoms with van der Waals surface area (Å²) < 4.78 is 16.4. The molecule has 3 aliphatic rings. The highest BCUT2D eigenvalue weighted by atomic mass is 19.1. The van der Waals surface area contributed by atoms with E-state index in [9.17, 15) is 14.0 Å². The molecular formula is C33H41FN6O2. The van der Waals surface area contributed by atoms with Crippen molar-refractivity contribution < 1.29 is 9.18 Å². The number of amides is 1. The topological polar surface area (TPSA) is 83.4 Å². The summed E-state index contributed by atoms with van der Waals surface area (Å²) in [4.78, 5) is 39.0. The fourth-order valence-corrected chi connectivity index (χ4v) is 6.85. The van der Waals surface area contributed by atoms with Crippen molar-refractivity contribution in [2.24, 2.45) is 11.8 Å². The maximum atomic E-state index is 14.8. The second kappa shape index (κ2) is 13.2. The van der Waals surface area contributed by atoms with Gasteiger partial charge >= 0.3 is 0 Å². The average molecular weight is 573 g/mol. The van der Waals surface area contributed by atoms with E-state index in [-0.39, 0.29) is 23.2 Å². The van der Waals surface area contributed by atoms with Gasteiger partial charge in [0.05, 0.1) is 6.20 Å². The van der Waals surface area contributed by atoms with Crippen LogP contribution < -0.4 is 10.9 Å². The molecular weight excluding hydrogens is 531 g/mol. The summed E-state index contributed by atoms with van der Waals surface area (Å²) in [5.41, 5.74) is 1.23. The van der Waals surface area contributed by atoms with Gasteiger partial charge in [-0.15, -0.1) is 0 Å². The van der Waals surface area contributed by atoms with Crippen LogP contribution in [0.5, 0.6) is 0 Å². The quantitative estimate of drug-likeness (QED) is 0.423. The summed E-state index contributed by atoms with van der Waals surface area (Å²) in [6, 6.07) is 12.2. The molecule has 9 heteroatoms. The SMILES string of the molecule is O=C(C1CCC(Nc2ncc(F)c(-c3cccc(-n4ccccc4=O)c3)n2)CC1)N1CCC(CN2CCCCC2)CC1. The van der Waals surface area contributed by atoms with Crippen LogP contribution in [0.1, 0.15) is 57.8 Å². The first-order chi connectivity index (χ1) is 20.5. The highest BCUT2D eigenvalue weighted by Crippen LogP contribution is 2.30. The van der Waals surface area contributed by atoms with Crippen LogP contribution in [0.3, 0.4) is 0 Å². The number of halogens is 1. The number of nitrogens with one attached hydrogen (secondary N) is 1. The predicted octanol–water partition coefficient (Wildman–Crippen LogP) is 5.13. The van der Waals surface area contributed by atoms with Gasteiger partial charge < -0.3 is 15.1 Å². The number of nitrogens with zero attached hydrogens (tertiary/aromatic N) is 5. The average Bonchev–Trinajstić information content (AvgIpc) is 3.03. The van der Waals surface area contributed by atoms with Gasteiger partial charge in [0, 0.05) is 55.1 Å². The monoisotopic (exact) mass is 572 g/mol. The second-order valence-corrected chi connectivity index (χ2v) is 12.2. The van der Waals surface area contributed by atoms with Gasteiger partial charge in [-0.3, -0.25) is 14.2 Å². The smallest absolute Gasteiger partial charge is 0.255 e. The molecule has 3 fully saturated rings. The van der Waals surface area contributed by atoms with Gasteiger partial charge in [-0.25, -0.2) is 14.4 Å². The summed E-state index contributed by atoms with van der Waals surface area (Å²) in [5, 5.41) is 3.38. The van der Waals surface area contributed by atoms with Crippen LogP contribution in [0.4, 0.5) is 10.3 Å². The second-order valence-electron chi connectivity index (χ2n) is 12.2. The molecule has 42 heavy (non-hydrogen) atoms. The number of pyridine rings is 1. The molecule has 1 aromatic carbocycles. The fraction of sp³-hybridized carbons (Fsp3) is 0.515. The lowest BCUT2D eigenvalue weighted by molar-refractivity contribution is -0.138. The maximum absolute atomic E-state index is 14.8. The Morgan fingerprint density at radius 1 is 0.929 bits per heavy atom. The Morgan fingerprint density at radius 2 is 1.71 bits per heavy atom. The van der Waals surface area contributed by atoms with E-state index < -0.39 is 5.82 Å². The zero-order chi connectivity index (χ0) is 28.9. The molecule has 8 nitrogen and oxygen atoms in total. The third-order valence-corrected chi connectivity index (χ3v) is 9.27. The largest absolute Gasteiger partial charge is 0.351 e. The number of rotatable bonds is 7. The molecule has 0 unspecified atom stereocenters. The van der Waals surface area contributed by atoms with Gasteiger partial charge in [-0.05, 0) is 88.6 Å².